The number of amides is 1. The highest BCUT2D eigenvalue weighted by molar-refractivity contribution is 5.95. The molecule has 0 unspecified atom stereocenters. The summed E-state index contributed by atoms with van der Waals surface area (Å²) in [7, 11) is 0. The lowest BCUT2D eigenvalue weighted by atomic mass is 10.2. The van der Waals surface area contributed by atoms with Crippen molar-refractivity contribution < 1.29 is 4.79 Å². The van der Waals surface area contributed by atoms with E-state index < -0.39 is 0 Å². The normalized spacial score (nSPS) is 13.1. The molecule has 3 heterocycles. The van der Waals surface area contributed by atoms with Crippen LogP contribution in [0.4, 0.5) is 5.69 Å². The molecule has 1 aliphatic heterocycles. The molecule has 150 valence electrons. The molecule has 6 heteroatoms. The number of para-hydroxylation sites is 2. The van der Waals surface area contributed by atoms with Crippen LogP contribution in [-0.4, -0.2) is 26.6 Å². The van der Waals surface area contributed by atoms with Gasteiger partial charge in [-0.05, 0) is 49.6 Å². The van der Waals surface area contributed by atoms with Crippen molar-refractivity contribution in [1.82, 2.24) is 14.1 Å². The lowest BCUT2D eigenvalue weighted by Gasteiger charge is -2.18. The van der Waals surface area contributed by atoms with Gasteiger partial charge in [-0.25, -0.2) is 4.98 Å². The molecule has 2 aromatic heterocycles. The molecule has 1 aliphatic rings. The van der Waals surface area contributed by atoms with Crippen molar-refractivity contribution in [3.05, 3.63) is 88.1 Å². The Morgan fingerprint density at radius 2 is 1.77 bits per heavy atom. The first-order chi connectivity index (χ1) is 14.6. The second-order valence-corrected chi connectivity index (χ2v) is 7.68. The Bertz CT molecular complexity index is 1330. The van der Waals surface area contributed by atoms with Crippen LogP contribution in [-0.2, 0) is 17.8 Å². The van der Waals surface area contributed by atoms with E-state index in [0.29, 0.717) is 17.6 Å². The number of carbonyl (C=O) groups excluding carboxylic acids is 1. The van der Waals surface area contributed by atoms with Crippen LogP contribution in [0.2, 0.25) is 0 Å². The standard InChI is InChI=1S/C24H22N4O2/c1-16-17(2)28(19-9-4-3-5-10-19)23-22(16)24(30)26(15-25-23)14-21(29)27-13-12-18-8-6-7-11-20(18)27/h3-11,15H,12-14H2,1-2H3. The van der Waals surface area contributed by atoms with E-state index in [0.717, 1.165) is 34.6 Å². The van der Waals surface area contributed by atoms with Crippen LogP contribution >= 0.6 is 0 Å². The van der Waals surface area contributed by atoms with Gasteiger partial charge in [-0.2, -0.15) is 0 Å². The summed E-state index contributed by atoms with van der Waals surface area (Å²) in [6, 6.07) is 17.8. The summed E-state index contributed by atoms with van der Waals surface area (Å²) in [5.41, 5.74) is 5.36. The number of rotatable bonds is 3. The van der Waals surface area contributed by atoms with E-state index >= 15 is 0 Å². The Morgan fingerprint density at radius 3 is 2.57 bits per heavy atom. The van der Waals surface area contributed by atoms with Crippen molar-refractivity contribution in [3.8, 4) is 5.69 Å². The summed E-state index contributed by atoms with van der Waals surface area (Å²) in [5, 5.41) is 0.563. The molecule has 0 atom stereocenters. The van der Waals surface area contributed by atoms with Crippen LogP contribution in [0.25, 0.3) is 16.7 Å². The minimum atomic E-state index is -0.184. The van der Waals surface area contributed by atoms with E-state index in [4.69, 9.17) is 0 Å². The average molecular weight is 398 g/mol. The van der Waals surface area contributed by atoms with Gasteiger partial charge in [0.05, 0.1) is 5.39 Å². The number of carbonyl (C=O) groups is 1. The Kier molecular flexibility index (Phi) is 4.28. The fraction of sp³-hybridized carbons (Fsp3) is 0.208. The van der Waals surface area contributed by atoms with Crippen LogP contribution in [0, 0.1) is 13.8 Å². The molecule has 0 saturated heterocycles. The van der Waals surface area contributed by atoms with E-state index in [9.17, 15) is 9.59 Å². The predicted octanol–water partition coefficient (Wildman–Crippen LogP) is 3.39. The number of hydrogen-bond donors (Lipinski definition) is 0. The molecule has 1 amide bonds. The van der Waals surface area contributed by atoms with E-state index in [1.165, 1.54) is 10.9 Å². The van der Waals surface area contributed by atoms with Gasteiger partial charge in [0.2, 0.25) is 5.91 Å². The first kappa shape index (κ1) is 18.4. The Hall–Kier alpha value is -3.67. The second kappa shape index (κ2) is 6.99. The van der Waals surface area contributed by atoms with Crippen molar-refractivity contribution in [2.45, 2.75) is 26.8 Å². The van der Waals surface area contributed by atoms with Gasteiger partial charge >= 0.3 is 0 Å². The van der Waals surface area contributed by atoms with Gasteiger partial charge in [-0.1, -0.05) is 36.4 Å². The number of nitrogens with zero attached hydrogens (tertiary/aromatic N) is 4. The van der Waals surface area contributed by atoms with Crippen molar-refractivity contribution in [2.24, 2.45) is 0 Å². The lowest BCUT2D eigenvalue weighted by molar-refractivity contribution is -0.119. The molecule has 5 rings (SSSR count). The highest BCUT2D eigenvalue weighted by Crippen LogP contribution is 2.28. The van der Waals surface area contributed by atoms with Gasteiger partial charge in [0.1, 0.15) is 12.9 Å². The van der Waals surface area contributed by atoms with Gasteiger partial charge in [-0.3, -0.25) is 18.7 Å². The second-order valence-electron chi connectivity index (χ2n) is 7.68. The molecule has 30 heavy (non-hydrogen) atoms. The van der Waals surface area contributed by atoms with Crippen LogP contribution in [0.5, 0.6) is 0 Å². The highest BCUT2D eigenvalue weighted by atomic mass is 16.2. The summed E-state index contributed by atoms with van der Waals surface area (Å²) in [5.74, 6) is -0.0972. The number of aryl methyl sites for hydroxylation is 1. The topological polar surface area (TPSA) is 60.1 Å². The number of benzene rings is 2. The third-order valence-corrected chi connectivity index (χ3v) is 5.99. The largest absolute Gasteiger partial charge is 0.310 e. The molecule has 2 aromatic carbocycles. The van der Waals surface area contributed by atoms with E-state index in [2.05, 4.69) is 4.98 Å². The zero-order valence-corrected chi connectivity index (χ0v) is 17.0. The first-order valence-corrected chi connectivity index (χ1v) is 10.1. The smallest absolute Gasteiger partial charge is 0.263 e. The molecule has 0 saturated carbocycles. The van der Waals surface area contributed by atoms with Crippen molar-refractivity contribution in [2.75, 3.05) is 11.4 Å². The Morgan fingerprint density at radius 1 is 1.03 bits per heavy atom. The number of fused-ring (bicyclic) bond motifs is 2. The van der Waals surface area contributed by atoms with Crippen LogP contribution < -0.4 is 10.5 Å². The van der Waals surface area contributed by atoms with Gasteiger partial charge in [0, 0.05) is 23.6 Å². The number of aromatic nitrogens is 3. The molecule has 0 N–H and O–H groups in total. The fourth-order valence-electron chi connectivity index (χ4n) is 4.32. The summed E-state index contributed by atoms with van der Waals surface area (Å²) in [6.07, 6.45) is 2.33. The number of hydrogen-bond acceptors (Lipinski definition) is 3. The molecule has 6 nitrogen and oxygen atoms in total. The van der Waals surface area contributed by atoms with Crippen LogP contribution in [0.3, 0.4) is 0 Å². The van der Waals surface area contributed by atoms with E-state index in [1.54, 1.807) is 4.90 Å². The summed E-state index contributed by atoms with van der Waals surface area (Å²) in [4.78, 5) is 32.6. The quantitative estimate of drug-likeness (QED) is 0.531. The van der Waals surface area contributed by atoms with Crippen LogP contribution in [0.1, 0.15) is 16.8 Å². The molecule has 0 fully saturated rings. The van der Waals surface area contributed by atoms with E-state index in [1.807, 2.05) is 73.0 Å². The zero-order chi connectivity index (χ0) is 20.8. The van der Waals surface area contributed by atoms with E-state index in [-0.39, 0.29) is 18.0 Å². The third kappa shape index (κ3) is 2.76. The molecule has 0 radical (unpaired) electrons. The lowest BCUT2D eigenvalue weighted by Crippen LogP contribution is -2.35. The summed E-state index contributed by atoms with van der Waals surface area (Å²) in [6.45, 7) is 4.54. The Balaban J connectivity index is 1.55. The number of anilines is 1. The summed E-state index contributed by atoms with van der Waals surface area (Å²) < 4.78 is 3.42. The van der Waals surface area contributed by atoms with Crippen molar-refractivity contribution in [1.29, 1.82) is 0 Å². The SMILES string of the molecule is Cc1c(C)n(-c2ccccc2)c2ncn(CC(=O)N3CCc4ccccc43)c(=O)c12. The van der Waals surface area contributed by atoms with Crippen molar-refractivity contribution in [3.63, 3.8) is 0 Å². The zero-order valence-electron chi connectivity index (χ0n) is 17.0. The first-order valence-electron chi connectivity index (χ1n) is 10.1. The predicted molar refractivity (Wildman–Crippen MR) is 117 cm³/mol. The fourth-order valence-corrected chi connectivity index (χ4v) is 4.32. The van der Waals surface area contributed by atoms with Crippen molar-refractivity contribution >= 4 is 22.6 Å². The van der Waals surface area contributed by atoms with Crippen LogP contribution in [0.15, 0.2) is 65.7 Å². The molecule has 0 aliphatic carbocycles. The van der Waals surface area contributed by atoms with Gasteiger partial charge in [0.25, 0.3) is 5.56 Å². The molecule has 0 spiro atoms. The summed E-state index contributed by atoms with van der Waals surface area (Å²) >= 11 is 0. The molecule has 4 aromatic rings. The highest BCUT2D eigenvalue weighted by Gasteiger charge is 2.25. The van der Waals surface area contributed by atoms with Gasteiger partial charge in [0.15, 0.2) is 5.65 Å². The molecular weight excluding hydrogens is 376 g/mol. The maximum absolute atomic E-state index is 13.3. The molecular formula is C24H22N4O2. The maximum Gasteiger partial charge on any atom is 0.263 e. The minimum absolute atomic E-state index is 0.0227. The van der Waals surface area contributed by atoms with Gasteiger partial charge < -0.3 is 4.90 Å². The minimum Gasteiger partial charge on any atom is -0.310 e. The van der Waals surface area contributed by atoms with Gasteiger partial charge in [-0.15, -0.1) is 0 Å². The monoisotopic (exact) mass is 398 g/mol. The molecule has 0 bridgehead atoms. The Labute approximate surface area is 174 Å². The average Bonchev–Trinajstić information content (AvgIpc) is 3.30. The third-order valence-electron chi connectivity index (χ3n) is 5.99. The maximum atomic E-state index is 13.3.